The van der Waals surface area contributed by atoms with Gasteiger partial charge in [0.2, 0.25) is 11.7 Å². The number of rotatable bonds is 5. The van der Waals surface area contributed by atoms with Crippen LogP contribution in [-0.4, -0.2) is 43.9 Å². The van der Waals surface area contributed by atoms with Crippen molar-refractivity contribution in [2.75, 3.05) is 6.54 Å². The third kappa shape index (κ3) is 3.40. The molecular weight excluding hydrogens is 376 g/mol. The second-order valence-corrected chi connectivity index (χ2v) is 7.59. The zero-order chi connectivity index (χ0) is 19.6. The molecule has 0 radical (unpaired) electrons. The zero-order valence-electron chi connectivity index (χ0n) is 15.2. The molecule has 9 heteroatoms. The molecule has 2 atom stereocenters. The first-order valence-corrected chi connectivity index (χ1v) is 9.77. The Hall–Kier alpha value is -3.09. The van der Waals surface area contributed by atoms with Crippen LogP contribution in [0.3, 0.4) is 0 Å². The van der Waals surface area contributed by atoms with E-state index in [9.17, 15) is 4.79 Å². The van der Waals surface area contributed by atoms with Gasteiger partial charge in [-0.15, -0.1) is 16.1 Å². The summed E-state index contributed by atoms with van der Waals surface area (Å²) in [6.07, 6.45) is 5.97. The summed E-state index contributed by atoms with van der Waals surface area (Å²) in [6, 6.07) is 7.28. The second kappa shape index (κ2) is 7.50. The van der Waals surface area contributed by atoms with Crippen LogP contribution in [0.5, 0.6) is 5.88 Å². The molecule has 0 unspecified atom stereocenters. The number of hydrogen-bond donors (Lipinski definition) is 1. The summed E-state index contributed by atoms with van der Waals surface area (Å²) in [6.45, 7) is 2.43. The number of nitrogens with one attached hydrogen (secondary N) is 1. The van der Waals surface area contributed by atoms with Gasteiger partial charge in [0, 0.05) is 24.8 Å². The van der Waals surface area contributed by atoms with Crippen molar-refractivity contribution in [3.63, 3.8) is 0 Å². The van der Waals surface area contributed by atoms with Crippen LogP contribution in [0, 0.1) is 11.3 Å². The lowest BCUT2D eigenvalue weighted by Crippen LogP contribution is -2.58. The lowest BCUT2D eigenvalue weighted by atomic mass is 9.84. The Morgan fingerprint density at radius 1 is 1.39 bits per heavy atom. The molecule has 28 heavy (non-hydrogen) atoms. The first-order valence-electron chi connectivity index (χ1n) is 8.89. The van der Waals surface area contributed by atoms with Crippen molar-refractivity contribution in [1.82, 2.24) is 25.3 Å². The largest absolute Gasteiger partial charge is 0.461 e. The number of nitrogens with zero attached hydrogens (tertiary/aromatic N) is 5. The van der Waals surface area contributed by atoms with Crippen LogP contribution >= 0.6 is 11.3 Å². The quantitative estimate of drug-likeness (QED) is 0.662. The van der Waals surface area contributed by atoms with Gasteiger partial charge in [-0.05, 0) is 37.3 Å². The molecule has 4 heterocycles. The Morgan fingerprint density at radius 2 is 2.21 bits per heavy atom. The topological polar surface area (TPSA) is 106 Å². The molecule has 0 spiro atoms. The third-order valence-electron chi connectivity index (χ3n) is 4.78. The normalized spacial score (nSPS) is 21.8. The van der Waals surface area contributed by atoms with Crippen LogP contribution in [0.2, 0.25) is 0 Å². The maximum absolute atomic E-state index is 13.6. The maximum Gasteiger partial charge on any atom is 0.215 e. The van der Waals surface area contributed by atoms with Crippen molar-refractivity contribution in [3.05, 3.63) is 53.3 Å². The molecule has 1 fully saturated rings. The minimum atomic E-state index is -1.11. The number of nitriles is 1. The summed E-state index contributed by atoms with van der Waals surface area (Å²) < 4.78 is 6.17. The molecule has 1 aliphatic rings. The van der Waals surface area contributed by atoms with Gasteiger partial charge in [-0.3, -0.25) is 4.79 Å². The fraction of sp³-hybridized carbons (Fsp3) is 0.316. The minimum Gasteiger partial charge on any atom is -0.461 e. The highest BCUT2D eigenvalue weighted by Crippen LogP contribution is 2.32. The maximum atomic E-state index is 13.6. The van der Waals surface area contributed by atoms with Gasteiger partial charge in [-0.2, -0.15) is 15.5 Å². The van der Waals surface area contributed by atoms with E-state index in [1.54, 1.807) is 30.6 Å². The monoisotopic (exact) mass is 394 g/mol. The zero-order valence-corrected chi connectivity index (χ0v) is 16.0. The van der Waals surface area contributed by atoms with Gasteiger partial charge >= 0.3 is 0 Å². The van der Waals surface area contributed by atoms with Crippen LogP contribution in [-0.2, 0) is 0 Å². The number of hydrogen-bond acceptors (Lipinski definition) is 8. The highest BCUT2D eigenvalue weighted by atomic mass is 32.1. The van der Waals surface area contributed by atoms with E-state index in [4.69, 9.17) is 10.00 Å². The van der Waals surface area contributed by atoms with E-state index >= 15 is 0 Å². The molecule has 1 saturated heterocycles. The number of piperidine rings is 1. The number of carbonyl (C=O) groups excluding carboxylic acids is 1. The number of aromatic nitrogens is 4. The average molecular weight is 394 g/mol. The summed E-state index contributed by atoms with van der Waals surface area (Å²) >= 11 is 1.39. The first kappa shape index (κ1) is 18.3. The van der Waals surface area contributed by atoms with Crippen molar-refractivity contribution in [1.29, 1.82) is 5.26 Å². The standard InChI is InChI=1S/C19H18N6O2S/c1-13-2-5-19(12-22-13,27-16-10-14(11-20)3-6-21-16)17(26)15-4-9-28-18(15)25-23-7-8-24-25/h3-4,6-10,13,22H,2,5,12H2,1H3/t13-,19-/m1/s1. The predicted molar refractivity (Wildman–Crippen MR) is 103 cm³/mol. The fourth-order valence-electron chi connectivity index (χ4n) is 3.24. The van der Waals surface area contributed by atoms with E-state index < -0.39 is 5.60 Å². The molecule has 1 N–H and O–H groups in total. The Balaban J connectivity index is 1.71. The molecule has 1 aliphatic heterocycles. The summed E-state index contributed by atoms with van der Waals surface area (Å²) in [5.74, 6) is 0.113. The molecule has 8 nitrogen and oxygen atoms in total. The Kier molecular flexibility index (Phi) is 4.90. The number of ether oxygens (including phenoxy) is 1. The van der Waals surface area contributed by atoms with Gasteiger partial charge < -0.3 is 10.1 Å². The van der Waals surface area contributed by atoms with Crippen LogP contribution in [0.4, 0.5) is 0 Å². The lowest BCUT2D eigenvalue weighted by molar-refractivity contribution is 0.0264. The van der Waals surface area contributed by atoms with Crippen LogP contribution in [0.1, 0.15) is 35.7 Å². The molecule has 3 aromatic rings. The van der Waals surface area contributed by atoms with E-state index in [1.807, 2.05) is 5.38 Å². The van der Waals surface area contributed by atoms with Gasteiger partial charge in [0.25, 0.3) is 0 Å². The highest BCUT2D eigenvalue weighted by Gasteiger charge is 2.45. The summed E-state index contributed by atoms with van der Waals surface area (Å²) in [5, 5.41) is 23.3. The summed E-state index contributed by atoms with van der Waals surface area (Å²) in [5.41, 5.74) is -0.174. The van der Waals surface area contributed by atoms with Gasteiger partial charge in [-0.25, -0.2) is 4.98 Å². The number of carbonyl (C=O) groups is 1. The molecule has 0 aliphatic carbocycles. The predicted octanol–water partition coefficient (Wildman–Crippen LogP) is 2.37. The molecule has 0 saturated carbocycles. The van der Waals surface area contributed by atoms with Crippen molar-refractivity contribution < 1.29 is 9.53 Å². The van der Waals surface area contributed by atoms with Gasteiger partial charge in [-0.1, -0.05) is 0 Å². The third-order valence-corrected chi connectivity index (χ3v) is 5.66. The molecule has 4 rings (SSSR count). The number of ketones is 1. The summed E-state index contributed by atoms with van der Waals surface area (Å²) in [7, 11) is 0. The van der Waals surface area contributed by atoms with Gasteiger partial charge in [0.05, 0.1) is 29.6 Å². The molecule has 0 aromatic carbocycles. The molecular formula is C19H18N6O2S. The average Bonchev–Trinajstić information content (AvgIpc) is 3.41. The van der Waals surface area contributed by atoms with Crippen LogP contribution in [0.15, 0.2) is 42.2 Å². The fourth-order valence-corrected chi connectivity index (χ4v) is 4.05. The Morgan fingerprint density at radius 3 is 2.93 bits per heavy atom. The van der Waals surface area contributed by atoms with Crippen molar-refractivity contribution in [3.8, 4) is 17.0 Å². The van der Waals surface area contributed by atoms with E-state index in [0.717, 1.165) is 6.42 Å². The smallest absolute Gasteiger partial charge is 0.215 e. The van der Waals surface area contributed by atoms with Crippen LogP contribution < -0.4 is 10.1 Å². The van der Waals surface area contributed by atoms with Gasteiger partial charge in [0.1, 0.15) is 5.00 Å². The first-order chi connectivity index (χ1) is 13.6. The van der Waals surface area contributed by atoms with E-state index in [1.165, 1.54) is 22.3 Å². The molecule has 0 amide bonds. The SMILES string of the molecule is C[C@@H]1CC[C@](Oc2cc(C#N)ccn2)(C(=O)c2ccsc2-n2nccn2)CN1. The Labute approximate surface area is 165 Å². The number of pyridine rings is 1. The van der Waals surface area contributed by atoms with Crippen molar-refractivity contribution in [2.24, 2.45) is 0 Å². The highest BCUT2D eigenvalue weighted by molar-refractivity contribution is 7.13. The number of thiophene rings is 1. The number of Topliss-reactive ketones (excluding diaryl/α,β-unsaturated/α-hetero) is 1. The van der Waals surface area contributed by atoms with Gasteiger partial charge in [0.15, 0.2) is 5.60 Å². The van der Waals surface area contributed by atoms with Crippen LogP contribution in [0.25, 0.3) is 5.00 Å². The lowest BCUT2D eigenvalue weighted by Gasteiger charge is -2.38. The molecule has 142 valence electrons. The molecule has 0 bridgehead atoms. The van der Waals surface area contributed by atoms with E-state index in [-0.39, 0.29) is 17.7 Å². The van der Waals surface area contributed by atoms with Crippen molar-refractivity contribution >= 4 is 17.1 Å². The minimum absolute atomic E-state index is 0.149. The summed E-state index contributed by atoms with van der Waals surface area (Å²) in [4.78, 5) is 19.3. The second-order valence-electron chi connectivity index (χ2n) is 6.70. The molecule has 3 aromatic heterocycles. The van der Waals surface area contributed by atoms with Crippen molar-refractivity contribution in [2.45, 2.75) is 31.4 Å². The Bertz CT molecular complexity index is 1020. The van der Waals surface area contributed by atoms with E-state index in [2.05, 4.69) is 33.5 Å². The van der Waals surface area contributed by atoms with E-state index in [0.29, 0.717) is 29.1 Å².